The van der Waals surface area contributed by atoms with Crippen molar-refractivity contribution in [1.29, 1.82) is 0 Å². The molecule has 142 valence electrons. The van der Waals surface area contributed by atoms with Crippen LogP contribution in [0, 0.1) is 6.92 Å². The summed E-state index contributed by atoms with van der Waals surface area (Å²) in [5, 5.41) is 21.7. The van der Waals surface area contributed by atoms with E-state index in [-0.39, 0.29) is 16.9 Å². The van der Waals surface area contributed by atoms with Gasteiger partial charge >= 0.3 is 11.9 Å². The second-order valence-electron chi connectivity index (χ2n) is 6.26. The Kier molecular flexibility index (Phi) is 5.60. The number of benzene rings is 3. The van der Waals surface area contributed by atoms with E-state index in [2.05, 4.69) is 11.4 Å². The lowest BCUT2D eigenvalue weighted by Gasteiger charge is -2.14. The van der Waals surface area contributed by atoms with Crippen molar-refractivity contribution in [2.75, 3.05) is 5.32 Å². The summed E-state index contributed by atoms with van der Waals surface area (Å²) >= 11 is 0. The Morgan fingerprint density at radius 1 is 0.893 bits per heavy atom. The van der Waals surface area contributed by atoms with Gasteiger partial charge in [-0.2, -0.15) is 0 Å². The van der Waals surface area contributed by atoms with Crippen molar-refractivity contribution in [1.82, 2.24) is 0 Å². The van der Waals surface area contributed by atoms with E-state index in [1.165, 1.54) is 23.8 Å². The first-order valence-corrected chi connectivity index (χ1v) is 8.61. The Morgan fingerprint density at radius 2 is 1.64 bits per heavy atom. The summed E-state index contributed by atoms with van der Waals surface area (Å²) < 4.78 is 5.83. The normalized spacial score (nSPS) is 10.3. The minimum Gasteiger partial charge on any atom is -0.478 e. The van der Waals surface area contributed by atoms with Gasteiger partial charge in [-0.3, -0.25) is 0 Å². The Hall–Kier alpha value is -3.80. The maximum Gasteiger partial charge on any atom is 0.336 e. The highest BCUT2D eigenvalue weighted by molar-refractivity contribution is 6.02. The Bertz CT molecular complexity index is 1030. The Labute approximate surface area is 162 Å². The molecule has 0 amide bonds. The molecule has 6 nitrogen and oxygen atoms in total. The highest BCUT2D eigenvalue weighted by Gasteiger charge is 2.17. The van der Waals surface area contributed by atoms with Crippen molar-refractivity contribution in [3.63, 3.8) is 0 Å². The molecule has 28 heavy (non-hydrogen) atoms. The number of hydrogen-bond donors (Lipinski definition) is 3. The predicted molar refractivity (Wildman–Crippen MR) is 105 cm³/mol. The van der Waals surface area contributed by atoms with Crippen LogP contribution in [0.3, 0.4) is 0 Å². The lowest BCUT2D eigenvalue weighted by Crippen LogP contribution is -2.08. The van der Waals surface area contributed by atoms with Gasteiger partial charge in [-0.25, -0.2) is 9.59 Å². The van der Waals surface area contributed by atoms with E-state index in [4.69, 9.17) is 9.84 Å². The van der Waals surface area contributed by atoms with E-state index in [1.54, 1.807) is 12.1 Å². The number of aryl methyl sites for hydroxylation is 1. The number of carboxylic acid groups (broad SMARTS) is 2. The fourth-order valence-electron chi connectivity index (χ4n) is 2.80. The molecule has 3 aromatic rings. The van der Waals surface area contributed by atoms with Crippen molar-refractivity contribution in [2.45, 2.75) is 13.5 Å². The number of ether oxygens (including phenoxy) is 1. The van der Waals surface area contributed by atoms with Gasteiger partial charge in [-0.15, -0.1) is 0 Å². The molecule has 6 heteroatoms. The third-order valence-corrected chi connectivity index (χ3v) is 4.13. The summed E-state index contributed by atoms with van der Waals surface area (Å²) in [5.41, 5.74) is 2.42. The van der Waals surface area contributed by atoms with Gasteiger partial charge in [0.1, 0.15) is 5.75 Å². The van der Waals surface area contributed by atoms with Crippen LogP contribution in [0.25, 0.3) is 0 Å². The van der Waals surface area contributed by atoms with Crippen LogP contribution in [-0.4, -0.2) is 22.2 Å². The van der Waals surface area contributed by atoms with Crippen LogP contribution in [0.4, 0.5) is 5.69 Å². The molecule has 0 aliphatic carbocycles. The molecule has 0 radical (unpaired) electrons. The van der Waals surface area contributed by atoms with Crippen molar-refractivity contribution in [3.05, 3.63) is 89.0 Å². The quantitative estimate of drug-likeness (QED) is 0.548. The van der Waals surface area contributed by atoms with Crippen LogP contribution in [0.2, 0.25) is 0 Å². The summed E-state index contributed by atoms with van der Waals surface area (Å²) in [5.74, 6) is -1.88. The summed E-state index contributed by atoms with van der Waals surface area (Å²) in [4.78, 5) is 22.5. The van der Waals surface area contributed by atoms with Crippen molar-refractivity contribution >= 4 is 17.6 Å². The van der Waals surface area contributed by atoms with Gasteiger partial charge in [0, 0.05) is 6.54 Å². The summed E-state index contributed by atoms with van der Waals surface area (Å²) in [6.45, 7) is 2.63. The SMILES string of the molecule is Cc1cccc(CNc2ccccc2Oc2ccc(C(=O)O)c(C(=O)O)c2)c1. The minimum absolute atomic E-state index is 0.243. The van der Waals surface area contributed by atoms with E-state index in [9.17, 15) is 14.7 Å². The van der Waals surface area contributed by atoms with E-state index >= 15 is 0 Å². The van der Waals surface area contributed by atoms with Crippen LogP contribution < -0.4 is 10.1 Å². The third-order valence-electron chi connectivity index (χ3n) is 4.13. The topological polar surface area (TPSA) is 95.9 Å². The lowest BCUT2D eigenvalue weighted by molar-refractivity contribution is 0.0651. The van der Waals surface area contributed by atoms with Gasteiger partial charge in [-0.1, -0.05) is 42.0 Å². The Morgan fingerprint density at radius 3 is 2.36 bits per heavy atom. The minimum atomic E-state index is -1.33. The summed E-state index contributed by atoms with van der Waals surface area (Å²) in [7, 11) is 0. The zero-order chi connectivity index (χ0) is 20.1. The number of hydrogen-bond acceptors (Lipinski definition) is 4. The molecule has 0 fully saturated rings. The molecule has 0 atom stereocenters. The smallest absolute Gasteiger partial charge is 0.336 e. The van der Waals surface area contributed by atoms with Crippen LogP contribution >= 0.6 is 0 Å². The van der Waals surface area contributed by atoms with Gasteiger partial charge in [0.2, 0.25) is 0 Å². The van der Waals surface area contributed by atoms with E-state index in [0.29, 0.717) is 12.3 Å². The van der Waals surface area contributed by atoms with Gasteiger partial charge in [0.15, 0.2) is 5.75 Å². The van der Waals surface area contributed by atoms with Crippen molar-refractivity contribution in [2.24, 2.45) is 0 Å². The fraction of sp³-hybridized carbons (Fsp3) is 0.0909. The van der Waals surface area contributed by atoms with Gasteiger partial charge in [0.25, 0.3) is 0 Å². The second-order valence-corrected chi connectivity index (χ2v) is 6.26. The van der Waals surface area contributed by atoms with Crippen molar-refractivity contribution < 1.29 is 24.5 Å². The maximum atomic E-state index is 11.4. The molecule has 0 saturated heterocycles. The van der Waals surface area contributed by atoms with E-state index in [1.807, 2.05) is 37.3 Å². The van der Waals surface area contributed by atoms with Gasteiger partial charge < -0.3 is 20.3 Å². The van der Waals surface area contributed by atoms with Crippen LogP contribution in [0.1, 0.15) is 31.8 Å². The zero-order valence-corrected chi connectivity index (χ0v) is 15.2. The van der Waals surface area contributed by atoms with Crippen molar-refractivity contribution in [3.8, 4) is 11.5 Å². The molecule has 3 rings (SSSR count). The molecule has 3 N–H and O–H groups in total. The molecule has 0 spiro atoms. The molecule has 0 bridgehead atoms. The van der Waals surface area contributed by atoms with Gasteiger partial charge in [0.05, 0.1) is 16.8 Å². The first kappa shape index (κ1) is 19.0. The fourth-order valence-corrected chi connectivity index (χ4v) is 2.80. The number of anilines is 1. The molecular weight excluding hydrogens is 358 g/mol. The number of nitrogens with one attached hydrogen (secondary N) is 1. The number of para-hydroxylation sites is 2. The lowest BCUT2D eigenvalue weighted by atomic mass is 10.1. The molecule has 0 aliphatic heterocycles. The van der Waals surface area contributed by atoms with Gasteiger partial charge in [-0.05, 0) is 42.8 Å². The standard InChI is InChI=1S/C22H19NO5/c1-14-5-4-6-15(11-14)13-23-19-7-2-3-8-20(19)28-16-9-10-17(21(24)25)18(12-16)22(26)27/h2-12,23H,13H2,1H3,(H,24,25)(H,26,27). The number of carboxylic acids is 2. The average Bonchev–Trinajstić information content (AvgIpc) is 2.67. The molecule has 0 aliphatic rings. The third kappa shape index (κ3) is 4.48. The van der Waals surface area contributed by atoms with E-state index in [0.717, 1.165) is 11.3 Å². The molecular formula is C22H19NO5. The largest absolute Gasteiger partial charge is 0.478 e. The highest BCUT2D eigenvalue weighted by Crippen LogP contribution is 2.31. The molecule has 0 heterocycles. The molecule has 0 aromatic heterocycles. The average molecular weight is 377 g/mol. The zero-order valence-electron chi connectivity index (χ0n) is 15.2. The van der Waals surface area contributed by atoms with Crippen LogP contribution in [0.5, 0.6) is 11.5 Å². The predicted octanol–water partition coefficient (Wildman–Crippen LogP) is 4.80. The highest BCUT2D eigenvalue weighted by atomic mass is 16.5. The summed E-state index contributed by atoms with van der Waals surface area (Å²) in [6, 6.07) is 19.3. The maximum absolute atomic E-state index is 11.4. The van der Waals surface area contributed by atoms with Crippen LogP contribution in [-0.2, 0) is 6.54 Å². The number of rotatable bonds is 7. The summed E-state index contributed by atoms with van der Waals surface area (Å²) in [6.07, 6.45) is 0. The monoisotopic (exact) mass is 377 g/mol. The number of carbonyl (C=O) groups is 2. The molecule has 3 aromatic carbocycles. The first-order valence-electron chi connectivity index (χ1n) is 8.61. The first-order chi connectivity index (χ1) is 13.4. The second kappa shape index (κ2) is 8.26. The van der Waals surface area contributed by atoms with Crippen LogP contribution in [0.15, 0.2) is 66.7 Å². The Balaban J connectivity index is 1.82. The van der Waals surface area contributed by atoms with E-state index < -0.39 is 11.9 Å². The molecule has 0 saturated carbocycles. The number of aromatic carboxylic acids is 2. The molecule has 0 unspecified atom stereocenters.